The second-order valence-electron chi connectivity index (χ2n) is 6.95. The van der Waals surface area contributed by atoms with Gasteiger partial charge in [0.2, 0.25) is 0 Å². The first-order valence-electron chi connectivity index (χ1n) is 9.27. The molecule has 5 rings (SSSR count). The Hall–Kier alpha value is -3.59. The lowest BCUT2D eigenvalue weighted by Gasteiger charge is -2.14. The fourth-order valence-corrected chi connectivity index (χ4v) is 3.60. The van der Waals surface area contributed by atoms with Crippen molar-refractivity contribution in [2.45, 2.75) is 18.8 Å². The van der Waals surface area contributed by atoms with Gasteiger partial charge < -0.3 is 10.6 Å². The fraction of sp³-hybridized carbons (Fsp3) is 0.150. The average molecular weight is 424 g/mol. The van der Waals surface area contributed by atoms with Gasteiger partial charge >= 0.3 is 6.03 Å². The maximum Gasteiger partial charge on any atom is 0.323 e. The number of rotatable bonds is 4. The van der Waals surface area contributed by atoms with E-state index in [9.17, 15) is 9.18 Å². The maximum absolute atomic E-state index is 13.5. The van der Waals surface area contributed by atoms with Crippen molar-refractivity contribution in [2.75, 3.05) is 10.6 Å². The summed E-state index contributed by atoms with van der Waals surface area (Å²) in [5.74, 6) is 0.344. The van der Waals surface area contributed by atoms with E-state index in [1.54, 1.807) is 18.3 Å². The molecule has 2 N–H and O–H groups in total. The number of halogens is 2. The van der Waals surface area contributed by atoms with Gasteiger partial charge in [-0.05, 0) is 42.5 Å². The fourth-order valence-electron chi connectivity index (χ4n) is 3.36. The molecule has 10 heteroatoms. The van der Waals surface area contributed by atoms with E-state index in [0.29, 0.717) is 28.6 Å². The zero-order valence-electron chi connectivity index (χ0n) is 15.5. The van der Waals surface area contributed by atoms with E-state index in [1.165, 1.54) is 35.5 Å². The molecule has 0 unspecified atom stereocenters. The molecular weight excluding hydrogens is 409 g/mol. The van der Waals surface area contributed by atoms with Crippen LogP contribution in [0.2, 0.25) is 5.02 Å². The van der Waals surface area contributed by atoms with Crippen molar-refractivity contribution in [3.63, 3.8) is 0 Å². The zero-order valence-corrected chi connectivity index (χ0v) is 16.3. The molecule has 1 fully saturated rings. The third-order valence-electron chi connectivity index (χ3n) is 4.79. The van der Waals surface area contributed by atoms with Crippen molar-refractivity contribution in [3.8, 4) is 5.82 Å². The Morgan fingerprint density at radius 3 is 2.63 bits per heavy atom. The first kappa shape index (κ1) is 18.4. The number of nitrogens with zero attached hydrogens (tertiary/aromatic N) is 5. The van der Waals surface area contributed by atoms with E-state index in [1.807, 2.05) is 0 Å². The molecule has 1 aliphatic rings. The number of hydrogen-bond donors (Lipinski definition) is 2. The lowest BCUT2D eigenvalue weighted by atomic mass is 10.0. The second kappa shape index (κ2) is 7.34. The highest BCUT2D eigenvalue weighted by atomic mass is 35.5. The van der Waals surface area contributed by atoms with Gasteiger partial charge in [0.05, 0.1) is 46.7 Å². The summed E-state index contributed by atoms with van der Waals surface area (Å²) in [6.07, 6.45) is 8.10. The van der Waals surface area contributed by atoms with Crippen LogP contribution in [0.15, 0.2) is 49.1 Å². The molecule has 0 aliphatic heterocycles. The van der Waals surface area contributed by atoms with E-state index in [0.717, 1.165) is 23.8 Å². The molecule has 2 amide bonds. The maximum atomic E-state index is 13.5. The minimum Gasteiger partial charge on any atom is -0.306 e. The van der Waals surface area contributed by atoms with Gasteiger partial charge in [0, 0.05) is 11.5 Å². The van der Waals surface area contributed by atoms with Crippen LogP contribution in [-0.2, 0) is 0 Å². The summed E-state index contributed by atoms with van der Waals surface area (Å²) in [5.41, 5.74) is 2.57. The first-order chi connectivity index (χ1) is 14.6. The quantitative estimate of drug-likeness (QED) is 0.502. The topological polar surface area (TPSA) is 97.6 Å². The Kier molecular flexibility index (Phi) is 4.51. The summed E-state index contributed by atoms with van der Waals surface area (Å²) in [6, 6.07) is 5.62. The number of hydrogen-bond acceptors (Lipinski definition) is 5. The molecule has 4 aromatic rings. The molecule has 0 bridgehead atoms. The third kappa shape index (κ3) is 3.55. The monoisotopic (exact) mass is 423 g/mol. The zero-order chi connectivity index (χ0) is 20.7. The number of nitrogens with one attached hydrogen (secondary N) is 2. The van der Waals surface area contributed by atoms with Crippen molar-refractivity contribution >= 4 is 39.9 Å². The van der Waals surface area contributed by atoms with Crippen LogP contribution < -0.4 is 10.6 Å². The van der Waals surface area contributed by atoms with Crippen molar-refractivity contribution in [3.05, 3.63) is 65.5 Å². The number of benzene rings is 1. The molecule has 3 heterocycles. The SMILES string of the molecule is O=C(Nc1cnc(-n2nccn2)c(Cl)c1)Nc1cnc2cc(F)ccc2c1C1CC1. The van der Waals surface area contributed by atoms with Gasteiger partial charge in [-0.3, -0.25) is 4.98 Å². The molecule has 30 heavy (non-hydrogen) atoms. The largest absolute Gasteiger partial charge is 0.323 e. The molecule has 1 aliphatic carbocycles. The summed E-state index contributed by atoms with van der Waals surface area (Å²) in [6.45, 7) is 0. The van der Waals surface area contributed by atoms with Crippen LogP contribution in [-0.4, -0.2) is 31.0 Å². The molecule has 150 valence electrons. The Bertz CT molecular complexity index is 1260. The summed E-state index contributed by atoms with van der Waals surface area (Å²) in [4.78, 5) is 22.4. The Balaban J connectivity index is 1.38. The number of anilines is 2. The molecule has 0 atom stereocenters. The predicted molar refractivity (Wildman–Crippen MR) is 110 cm³/mol. The smallest absolute Gasteiger partial charge is 0.306 e. The van der Waals surface area contributed by atoms with Crippen LogP contribution in [0.25, 0.3) is 16.7 Å². The molecule has 3 aromatic heterocycles. The molecule has 1 saturated carbocycles. The van der Waals surface area contributed by atoms with Crippen LogP contribution in [0.4, 0.5) is 20.6 Å². The van der Waals surface area contributed by atoms with E-state index < -0.39 is 6.03 Å². The summed E-state index contributed by atoms with van der Waals surface area (Å²) >= 11 is 6.24. The molecular formula is C20H15ClFN7O. The molecule has 0 saturated heterocycles. The van der Waals surface area contributed by atoms with Crippen molar-refractivity contribution in [2.24, 2.45) is 0 Å². The lowest BCUT2D eigenvalue weighted by molar-refractivity contribution is 0.262. The number of fused-ring (bicyclic) bond motifs is 1. The highest BCUT2D eigenvalue weighted by Crippen LogP contribution is 2.46. The van der Waals surface area contributed by atoms with Crippen LogP contribution in [0.3, 0.4) is 0 Å². The van der Waals surface area contributed by atoms with Crippen LogP contribution >= 0.6 is 11.6 Å². The normalized spacial score (nSPS) is 13.4. The van der Waals surface area contributed by atoms with E-state index >= 15 is 0 Å². The van der Waals surface area contributed by atoms with E-state index in [4.69, 9.17) is 11.6 Å². The average Bonchev–Trinajstić information content (AvgIpc) is 3.41. The standard InChI is InChI=1S/C20H15ClFN7O/c21-15-8-13(9-24-19(15)29-25-5-6-26-29)27-20(30)28-17-10-23-16-7-12(22)3-4-14(16)18(17)11-1-2-11/h3-11H,1-2H2,(H2,27,28,30). The third-order valence-corrected chi connectivity index (χ3v) is 5.07. The van der Waals surface area contributed by atoms with Gasteiger partial charge in [0.25, 0.3) is 0 Å². The highest BCUT2D eigenvalue weighted by molar-refractivity contribution is 6.32. The predicted octanol–water partition coefficient (Wildman–Crippen LogP) is 4.52. The number of pyridine rings is 2. The van der Waals surface area contributed by atoms with Crippen molar-refractivity contribution < 1.29 is 9.18 Å². The van der Waals surface area contributed by atoms with Crippen LogP contribution in [0.1, 0.15) is 24.3 Å². The molecule has 1 aromatic carbocycles. The Labute approximate surface area is 175 Å². The van der Waals surface area contributed by atoms with E-state index in [-0.39, 0.29) is 10.8 Å². The highest BCUT2D eigenvalue weighted by Gasteiger charge is 2.29. The van der Waals surface area contributed by atoms with Gasteiger partial charge in [-0.15, -0.1) is 4.80 Å². The first-order valence-corrected chi connectivity index (χ1v) is 9.64. The number of carbonyl (C=O) groups excluding carboxylic acids is 1. The van der Waals surface area contributed by atoms with E-state index in [2.05, 4.69) is 30.8 Å². The second-order valence-corrected chi connectivity index (χ2v) is 7.36. The lowest BCUT2D eigenvalue weighted by Crippen LogP contribution is -2.20. The summed E-state index contributed by atoms with van der Waals surface area (Å²) < 4.78 is 13.5. The van der Waals surface area contributed by atoms with Gasteiger partial charge in [-0.1, -0.05) is 11.6 Å². The number of urea groups is 1. The summed E-state index contributed by atoms with van der Waals surface area (Å²) in [7, 11) is 0. The Morgan fingerprint density at radius 1 is 1.10 bits per heavy atom. The number of amides is 2. The van der Waals surface area contributed by atoms with Gasteiger partial charge in [-0.2, -0.15) is 10.2 Å². The van der Waals surface area contributed by atoms with Crippen LogP contribution in [0.5, 0.6) is 0 Å². The Morgan fingerprint density at radius 2 is 1.90 bits per heavy atom. The van der Waals surface area contributed by atoms with Crippen molar-refractivity contribution in [1.29, 1.82) is 0 Å². The molecule has 8 nitrogen and oxygen atoms in total. The number of aromatic nitrogens is 5. The van der Waals surface area contributed by atoms with Gasteiger partial charge in [0.15, 0.2) is 5.82 Å². The minimum absolute atomic E-state index is 0.289. The molecule has 0 radical (unpaired) electrons. The number of carbonyl (C=O) groups is 1. The minimum atomic E-state index is -0.456. The van der Waals surface area contributed by atoms with Gasteiger partial charge in [-0.25, -0.2) is 14.2 Å². The summed E-state index contributed by atoms with van der Waals surface area (Å²) in [5, 5.41) is 14.7. The molecule has 0 spiro atoms. The van der Waals surface area contributed by atoms with Gasteiger partial charge in [0.1, 0.15) is 5.82 Å². The van der Waals surface area contributed by atoms with Crippen molar-refractivity contribution in [1.82, 2.24) is 25.0 Å². The van der Waals surface area contributed by atoms with Crippen LogP contribution in [0, 0.1) is 5.82 Å².